The van der Waals surface area contributed by atoms with Crippen molar-refractivity contribution in [1.29, 1.82) is 0 Å². The number of rotatable bonds is 2. The summed E-state index contributed by atoms with van der Waals surface area (Å²) in [6, 6.07) is 5.30. The molecule has 21 heavy (non-hydrogen) atoms. The minimum Gasteiger partial charge on any atom is -0.369 e. The minimum absolute atomic E-state index is 0.0325. The molecule has 0 aliphatic carbocycles. The molecule has 0 aromatic heterocycles. The normalized spacial score (nSPS) is 25.6. The van der Waals surface area contributed by atoms with Gasteiger partial charge in [-0.25, -0.2) is 0 Å². The number of piperidine rings is 1. The number of primary amides is 1. The van der Waals surface area contributed by atoms with Crippen LogP contribution in [0.15, 0.2) is 18.2 Å². The van der Waals surface area contributed by atoms with Gasteiger partial charge in [0.25, 0.3) is 11.8 Å². The number of fused-ring (bicyclic) bond motifs is 1. The Bertz CT molecular complexity index is 641. The lowest BCUT2D eigenvalue weighted by Crippen LogP contribution is -2.38. The van der Waals surface area contributed by atoms with Gasteiger partial charge in [-0.15, -0.1) is 0 Å². The molecule has 3 N–H and O–H groups in total. The number of nitrogens with one attached hydrogen (secondary N) is 1. The number of carbonyl (C=O) groups excluding carboxylic acids is 3. The van der Waals surface area contributed by atoms with Gasteiger partial charge in [0.05, 0.1) is 11.1 Å². The van der Waals surface area contributed by atoms with Crippen LogP contribution in [0.25, 0.3) is 0 Å². The molecule has 110 valence electrons. The predicted octanol–water partition coefficient (Wildman–Crippen LogP) is 0.438. The first kappa shape index (κ1) is 13.8. The number of benzene rings is 1. The monoisotopic (exact) mass is 287 g/mol. The summed E-state index contributed by atoms with van der Waals surface area (Å²) in [5.41, 5.74) is 7.17. The quantitative estimate of drug-likeness (QED) is 0.772. The van der Waals surface area contributed by atoms with Gasteiger partial charge in [0, 0.05) is 12.0 Å². The van der Waals surface area contributed by atoms with E-state index in [1.165, 1.54) is 0 Å². The van der Waals surface area contributed by atoms with E-state index in [4.69, 9.17) is 5.73 Å². The average molecular weight is 287 g/mol. The predicted molar refractivity (Wildman–Crippen MR) is 75.5 cm³/mol. The zero-order valence-electron chi connectivity index (χ0n) is 11.8. The highest BCUT2D eigenvalue weighted by molar-refractivity contribution is 6.21. The molecular weight excluding hydrogens is 270 g/mol. The van der Waals surface area contributed by atoms with Gasteiger partial charge < -0.3 is 5.73 Å². The topological polar surface area (TPSA) is 92.5 Å². The van der Waals surface area contributed by atoms with Crippen LogP contribution in [-0.4, -0.2) is 36.2 Å². The molecule has 3 amide bonds. The summed E-state index contributed by atoms with van der Waals surface area (Å²) in [7, 11) is 1.99. The maximum atomic E-state index is 11.7. The molecule has 2 aliphatic heterocycles. The summed E-state index contributed by atoms with van der Waals surface area (Å²) in [5.74, 6) is -1.13. The molecule has 3 rings (SSSR count). The second-order valence-corrected chi connectivity index (χ2v) is 5.71. The molecule has 2 aliphatic rings. The van der Waals surface area contributed by atoms with Crippen molar-refractivity contribution in [3.63, 3.8) is 0 Å². The van der Waals surface area contributed by atoms with Crippen molar-refractivity contribution in [2.45, 2.75) is 18.9 Å². The number of amides is 3. The molecule has 1 fully saturated rings. The second kappa shape index (κ2) is 4.96. The van der Waals surface area contributed by atoms with Crippen LogP contribution in [0.3, 0.4) is 0 Å². The standard InChI is InChI=1S/C15H17N3O3/c1-18-5-4-9(13(16)19)7-12(18)8-2-3-10-11(6-8)15(21)17-14(10)20/h2-3,6,9,12H,4-5,7H2,1H3,(H2,16,19)(H,17,20,21). The number of hydrogen-bond acceptors (Lipinski definition) is 4. The molecule has 6 heteroatoms. The van der Waals surface area contributed by atoms with Crippen molar-refractivity contribution in [3.8, 4) is 0 Å². The first-order chi connectivity index (χ1) is 9.97. The number of imide groups is 1. The van der Waals surface area contributed by atoms with Crippen LogP contribution in [0.4, 0.5) is 0 Å². The summed E-state index contributed by atoms with van der Waals surface area (Å²) < 4.78 is 0. The Morgan fingerprint density at radius 1 is 1.29 bits per heavy atom. The van der Waals surface area contributed by atoms with Gasteiger partial charge in [0.2, 0.25) is 5.91 Å². The first-order valence-corrected chi connectivity index (χ1v) is 6.96. The summed E-state index contributed by atoms with van der Waals surface area (Å²) in [6.07, 6.45) is 1.40. The average Bonchev–Trinajstić information content (AvgIpc) is 2.74. The maximum absolute atomic E-state index is 11.7. The minimum atomic E-state index is -0.359. The van der Waals surface area contributed by atoms with Crippen molar-refractivity contribution < 1.29 is 14.4 Å². The van der Waals surface area contributed by atoms with Crippen LogP contribution in [0, 0.1) is 5.92 Å². The summed E-state index contributed by atoms with van der Waals surface area (Å²) >= 11 is 0. The molecule has 2 atom stereocenters. The fraction of sp³-hybridized carbons (Fsp3) is 0.400. The highest BCUT2D eigenvalue weighted by atomic mass is 16.2. The molecule has 0 saturated carbocycles. The van der Waals surface area contributed by atoms with Crippen LogP contribution >= 0.6 is 0 Å². The van der Waals surface area contributed by atoms with E-state index in [0.717, 1.165) is 18.5 Å². The lowest BCUT2D eigenvalue weighted by Gasteiger charge is -2.36. The van der Waals surface area contributed by atoms with Crippen molar-refractivity contribution >= 4 is 17.7 Å². The highest BCUT2D eigenvalue weighted by Crippen LogP contribution is 2.34. The Morgan fingerprint density at radius 2 is 2.00 bits per heavy atom. The van der Waals surface area contributed by atoms with Crippen molar-refractivity contribution in [1.82, 2.24) is 10.2 Å². The van der Waals surface area contributed by atoms with Gasteiger partial charge in [-0.1, -0.05) is 6.07 Å². The van der Waals surface area contributed by atoms with Gasteiger partial charge >= 0.3 is 0 Å². The van der Waals surface area contributed by atoms with Crippen molar-refractivity contribution in [2.75, 3.05) is 13.6 Å². The summed E-state index contributed by atoms with van der Waals surface area (Å²) in [4.78, 5) is 36.9. The Kier molecular flexibility index (Phi) is 3.25. The molecule has 0 spiro atoms. The van der Waals surface area contributed by atoms with E-state index in [9.17, 15) is 14.4 Å². The van der Waals surface area contributed by atoms with E-state index in [-0.39, 0.29) is 29.7 Å². The Hall–Kier alpha value is -2.21. The Labute approximate surface area is 122 Å². The Balaban J connectivity index is 1.93. The van der Waals surface area contributed by atoms with E-state index in [2.05, 4.69) is 10.2 Å². The fourth-order valence-corrected chi connectivity index (χ4v) is 3.12. The number of likely N-dealkylation sites (tertiary alicyclic amines) is 1. The molecule has 1 aromatic rings. The van der Waals surface area contributed by atoms with Gasteiger partial charge in [-0.2, -0.15) is 0 Å². The molecule has 2 heterocycles. The zero-order chi connectivity index (χ0) is 15.1. The number of nitrogens with two attached hydrogens (primary N) is 1. The summed E-state index contributed by atoms with van der Waals surface area (Å²) in [6.45, 7) is 0.778. The van der Waals surface area contributed by atoms with E-state index in [1.54, 1.807) is 12.1 Å². The Morgan fingerprint density at radius 3 is 2.71 bits per heavy atom. The molecule has 1 aromatic carbocycles. The molecule has 0 bridgehead atoms. The molecule has 6 nitrogen and oxygen atoms in total. The van der Waals surface area contributed by atoms with Crippen molar-refractivity contribution in [3.05, 3.63) is 34.9 Å². The van der Waals surface area contributed by atoms with Crippen molar-refractivity contribution in [2.24, 2.45) is 11.7 Å². The van der Waals surface area contributed by atoms with Gasteiger partial charge in [0.15, 0.2) is 0 Å². The highest BCUT2D eigenvalue weighted by Gasteiger charge is 2.32. The van der Waals surface area contributed by atoms with Gasteiger partial charge in [0.1, 0.15) is 0 Å². The van der Waals surface area contributed by atoms with E-state index in [0.29, 0.717) is 17.5 Å². The molecule has 2 unspecified atom stereocenters. The third-order valence-corrected chi connectivity index (χ3v) is 4.42. The number of hydrogen-bond donors (Lipinski definition) is 2. The lowest BCUT2D eigenvalue weighted by molar-refractivity contribution is -0.123. The van der Waals surface area contributed by atoms with Gasteiger partial charge in [-0.3, -0.25) is 24.6 Å². The SMILES string of the molecule is CN1CCC(C(N)=O)CC1c1ccc2c(c1)C(=O)NC2=O. The number of nitrogens with zero attached hydrogens (tertiary/aromatic N) is 1. The van der Waals surface area contributed by atoms with E-state index < -0.39 is 0 Å². The first-order valence-electron chi connectivity index (χ1n) is 6.96. The molecule has 1 saturated heterocycles. The van der Waals surface area contributed by atoms with E-state index in [1.807, 2.05) is 13.1 Å². The smallest absolute Gasteiger partial charge is 0.258 e. The molecule has 0 radical (unpaired) electrons. The van der Waals surface area contributed by atoms with Crippen LogP contribution in [0.1, 0.15) is 45.2 Å². The number of carbonyl (C=O) groups is 3. The van der Waals surface area contributed by atoms with E-state index >= 15 is 0 Å². The third kappa shape index (κ3) is 2.31. The second-order valence-electron chi connectivity index (χ2n) is 5.71. The largest absolute Gasteiger partial charge is 0.369 e. The van der Waals surface area contributed by atoms with Crippen LogP contribution in [-0.2, 0) is 4.79 Å². The van der Waals surface area contributed by atoms with Gasteiger partial charge in [-0.05, 0) is 44.1 Å². The summed E-state index contributed by atoms with van der Waals surface area (Å²) in [5, 5.41) is 2.29. The van der Waals surface area contributed by atoms with Crippen LogP contribution in [0.2, 0.25) is 0 Å². The van der Waals surface area contributed by atoms with Crippen LogP contribution in [0.5, 0.6) is 0 Å². The lowest BCUT2D eigenvalue weighted by atomic mass is 9.86. The fourth-order valence-electron chi connectivity index (χ4n) is 3.12. The third-order valence-electron chi connectivity index (χ3n) is 4.42. The van der Waals surface area contributed by atoms with Crippen LogP contribution < -0.4 is 11.1 Å². The maximum Gasteiger partial charge on any atom is 0.258 e. The zero-order valence-corrected chi connectivity index (χ0v) is 11.8. The molecular formula is C15H17N3O3.